The highest BCUT2D eigenvalue weighted by Gasteiger charge is 2.29. The minimum atomic E-state index is -0.156. The van der Waals surface area contributed by atoms with Crippen molar-refractivity contribution in [3.8, 4) is 0 Å². The minimum Gasteiger partial charge on any atom is -0.380 e. The monoisotopic (exact) mass is 248 g/mol. The number of aryl methyl sites for hydroxylation is 2. The quantitative estimate of drug-likeness (QED) is 0.854. The molecule has 0 aromatic heterocycles. The molecule has 2 atom stereocenters. The first-order valence-corrected chi connectivity index (χ1v) is 6.24. The van der Waals surface area contributed by atoms with Crippen molar-refractivity contribution in [2.45, 2.75) is 32.4 Å². The van der Waals surface area contributed by atoms with Gasteiger partial charge in [0.05, 0.1) is 12.1 Å². The Labute approximate surface area is 108 Å². The molecule has 1 heterocycles. The maximum absolute atomic E-state index is 12.0. The van der Waals surface area contributed by atoms with E-state index in [-0.39, 0.29) is 18.1 Å². The fourth-order valence-electron chi connectivity index (χ4n) is 2.13. The highest BCUT2D eigenvalue weighted by molar-refractivity contribution is 5.95. The predicted octanol–water partition coefficient (Wildman–Crippen LogP) is 1.62. The second-order valence-electron chi connectivity index (χ2n) is 4.84. The zero-order chi connectivity index (χ0) is 13.1. The number of amides is 1. The Bertz CT molecular complexity index is 445. The highest BCUT2D eigenvalue weighted by atomic mass is 16.5. The first-order valence-electron chi connectivity index (χ1n) is 6.24. The van der Waals surface area contributed by atoms with E-state index in [4.69, 9.17) is 4.74 Å². The summed E-state index contributed by atoms with van der Waals surface area (Å²) in [4.78, 5) is 12.0. The summed E-state index contributed by atoms with van der Waals surface area (Å²) in [5.74, 6) is 0.0119. The van der Waals surface area contributed by atoms with Crippen molar-refractivity contribution < 1.29 is 9.53 Å². The van der Waals surface area contributed by atoms with Crippen molar-refractivity contribution in [1.82, 2.24) is 5.32 Å². The van der Waals surface area contributed by atoms with E-state index in [0.717, 1.165) is 18.7 Å². The van der Waals surface area contributed by atoms with E-state index >= 15 is 0 Å². The van der Waals surface area contributed by atoms with Gasteiger partial charge in [-0.05, 0) is 43.5 Å². The number of nitrogens with one attached hydrogen (secondary N) is 2. The molecule has 0 radical (unpaired) electrons. The van der Waals surface area contributed by atoms with E-state index in [2.05, 4.69) is 17.6 Å². The zero-order valence-corrected chi connectivity index (χ0v) is 11.1. The molecular weight excluding hydrogens is 228 g/mol. The topological polar surface area (TPSA) is 50.4 Å². The molecule has 1 saturated heterocycles. The Morgan fingerprint density at radius 3 is 2.78 bits per heavy atom. The molecule has 1 aliphatic heterocycles. The Kier molecular flexibility index (Phi) is 3.99. The molecule has 18 heavy (non-hydrogen) atoms. The van der Waals surface area contributed by atoms with Gasteiger partial charge in [-0.1, -0.05) is 6.07 Å². The lowest BCUT2D eigenvalue weighted by atomic mass is 10.1. The lowest BCUT2D eigenvalue weighted by Gasteiger charge is -2.12. The van der Waals surface area contributed by atoms with Crippen LogP contribution >= 0.6 is 0 Å². The van der Waals surface area contributed by atoms with Crippen molar-refractivity contribution in [3.63, 3.8) is 0 Å². The smallest absolute Gasteiger partial charge is 0.241 e. The van der Waals surface area contributed by atoms with E-state index in [9.17, 15) is 4.79 Å². The van der Waals surface area contributed by atoms with Crippen molar-refractivity contribution in [1.29, 1.82) is 0 Å². The van der Waals surface area contributed by atoms with Crippen LogP contribution in [0.3, 0.4) is 0 Å². The van der Waals surface area contributed by atoms with Crippen molar-refractivity contribution in [3.05, 3.63) is 29.3 Å². The van der Waals surface area contributed by atoms with Crippen LogP contribution in [0.1, 0.15) is 17.5 Å². The van der Waals surface area contributed by atoms with Crippen LogP contribution in [0, 0.1) is 13.8 Å². The maximum atomic E-state index is 12.0. The minimum absolute atomic E-state index is 0.0119. The van der Waals surface area contributed by atoms with Crippen molar-refractivity contribution in [2.24, 2.45) is 0 Å². The van der Waals surface area contributed by atoms with Gasteiger partial charge in [-0.2, -0.15) is 0 Å². The summed E-state index contributed by atoms with van der Waals surface area (Å²) in [6.45, 7) is 4.84. The molecule has 0 spiro atoms. The second-order valence-corrected chi connectivity index (χ2v) is 4.84. The molecular formula is C14H20N2O2. The maximum Gasteiger partial charge on any atom is 0.241 e. The summed E-state index contributed by atoms with van der Waals surface area (Å²) in [5, 5.41) is 6.11. The van der Waals surface area contributed by atoms with Gasteiger partial charge in [-0.3, -0.25) is 4.79 Å². The zero-order valence-electron chi connectivity index (χ0n) is 11.1. The molecule has 0 aliphatic carbocycles. The largest absolute Gasteiger partial charge is 0.380 e. The van der Waals surface area contributed by atoms with Crippen LogP contribution in [0.25, 0.3) is 0 Å². The fraction of sp³-hybridized carbons (Fsp3) is 0.500. The first kappa shape index (κ1) is 13.1. The number of carbonyl (C=O) groups excluding carboxylic acids is 1. The normalized spacial score (nSPS) is 23.1. The van der Waals surface area contributed by atoms with Crippen LogP contribution in [-0.4, -0.2) is 31.7 Å². The van der Waals surface area contributed by atoms with Gasteiger partial charge < -0.3 is 15.4 Å². The molecule has 2 unspecified atom stereocenters. The number of anilines is 1. The van der Waals surface area contributed by atoms with Gasteiger partial charge in [0.15, 0.2) is 0 Å². The van der Waals surface area contributed by atoms with Gasteiger partial charge in [0, 0.05) is 19.3 Å². The summed E-state index contributed by atoms with van der Waals surface area (Å²) in [5.41, 5.74) is 3.26. The van der Waals surface area contributed by atoms with Gasteiger partial charge in [-0.25, -0.2) is 0 Å². The van der Waals surface area contributed by atoms with E-state index < -0.39 is 0 Å². The van der Waals surface area contributed by atoms with Gasteiger partial charge in [0.2, 0.25) is 5.91 Å². The standard InChI is InChI=1S/C14H20N2O2/c1-9-4-5-11(6-10(9)2)16-14(17)13-7-12(18-3)8-15-13/h4-6,12-13,15H,7-8H2,1-3H3,(H,16,17). The average molecular weight is 248 g/mol. The lowest BCUT2D eigenvalue weighted by Crippen LogP contribution is -2.35. The van der Waals surface area contributed by atoms with Crippen LogP contribution in [-0.2, 0) is 9.53 Å². The molecule has 2 N–H and O–H groups in total. The Morgan fingerprint density at radius 1 is 1.39 bits per heavy atom. The molecule has 1 aromatic carbocycles. The molecule has 1 aliphatic rings. The molecule has 0 bridgehead atoms. The average Bonchev–Trinajstić information content (AvgIpc) is 2.82. The van der Waals surface area contributed by atoms with E-state index in [1.54, 1.807) is 7.11 Å². The first-order chi connectivity index (χ1) is 8.60. The molecule has 2 rings (SSSR count). The Balaban J connectivity index is 1.97. The number of methoxy groups -OCH3 is 1. The SMILES string of the molecule is COC1CNC(C(=O)Nc2ccc(C)c(C)c2)C1. The van der Waals surface area contributed by atoms with Crippen LogP contribution in [0.2, 0.25) is 0 Å². The van der Waals surface area contributed by atoms with Gasteiger partial charge >= 0.3 is 0 Å². The molecule has 98 valence electrons. The number of carbonyl (C=O) groups is 1. The second kappa shape index (κ2) is 5.50. The summed E-state index contributed by atoms with van der Waals surface area (Å²) in [6, 6.07) is 5.79. The van der Waals surface area contributed by atoms with Gasteiger partial charge in [-0.15, -0.1) is 0 Å². The molecule has 4 nitrogen and oxygen atoms in total. The lowest BCUT2D eigenvalue weighted by molar-refractivity contribution is -0.118. The van der Waals surface area contributed by atoms with Crippen molar-refractivity contribution in [2.75, 3.05) is 19.0 Å². The summed E-state index contributed by atoms with van der Waals surface area (Å²) >= 11 is 0. The molecule has 1 fully saturated rings. The predicted molar refractivity (Wildman–Crippen MR) is 71.8 cm³/mol. The van der Waals surface area contributed by atoms with E-state index in [0.29, 0.717) is 0 Å². The third kappa shape index (κ3) is 2.89. The number of hydrogen-bond acceptors (Lipinski definition) is 3. The third-order valence-electron chi connectivity index (χ3n) is 3.51. The Hall–Kier alpha value is -1.39. The van der Waals surface area contributed by atoms with E-state index in [1.807, 2.05) is 25.1 Å². The van der Waals surface area contributed by atoms with Gasteiger partial charge in [0.25, 0.3) is 0 Å². The number of rotatable bonds is 3. The molecule has 0 saturated carbocycles. The molecule has 1 aromatic rings. The number of hydrogen-bond donors (Lipinski definition) is 2. The van der Waals surface area contributed by atoms with Crippen molar-refractivity contribution >= 4 is 11.6 Å². The summed E-state index contributed by atoms with van der Waals surface area (Å²) in [7, 11) is 1.68. The number of benzene rings is 1. The van der Waals surface area contributed by atoms with Crippen LogP contribution in [0.4, 0.5) is 5.69 Å². The van der Waals surface area contributed by atoms with Crippen LogP contribution in [0.5, 0.6) is 0 Å². The number of ether oxygens (including phenoxy) is 1. The fourth-order valence-corrected chi connectivity index (χ4v) is 2.13. The van der Waals surface area contributed by atoms with E-state index in [1.165, 1.54) is 11.1 Å². The Morgan fingerprint density at radius 2 is 2.17 bits per heavy atom. The summed E-state index contributed by atoms with van der Waals surface area (Å²) in [6.07, 6.45) is 0.869. The van der Waals surface area contributed by atoms with Gasteiger partial charge in [0.1, 0.15) is 0 Å². The third-order valence-corrected chi connectivity index (χ3v) is 3.51. The molecule has 4 heteroatoms. The summed E-state index contributed by atoms with van der Waals surface area (Å²) < 4.78 is 5.23. The van der Waals surface area contributed by atoms with Crippen LogP contribution < -0.4 is 10.6 Å². The highest BCUT2D eigenvalue weighted by Crippen LogP contribution is 2.16. The van der Waals surface area contributed by atoms with Crippen LogP contribution in [0.15, 0.2) is 18.2 Å². The molecule has 1 amide bonds.